The number of rotatable bonds is 9. The molecule has 12 heteroatoms. The summed E-state index contributed by atoms with van der Waals surface area (Å²) in [7, 11) is 1.27. The van der Waals surface area contributed by atoms with E-state index in [1.54, 1.807) is 47.0 Å². The van der Waals surface area contributed by atoms with Gasteiger partial charge in [-0.15, -0.1) is 10.2 Å². The summed E-state index contributed by atoms with van der Waals surface area (Å²) in [5.74, 6) is -0.680. The second kappa shape index (κ2) is 11.9. The number of benzene rings is 2. The lowest BCUT2D eigenvalue weighted by Gasteiger charge is -2.10. The van der Waals surface area contributed by atoms with Gasteiger partial charge in [0.15, 0.2) is 5.16 Å². The number of methoxy groups -OCH3 is 1. The fourth-order valence-corrected chi connectivity index (χ4v) is 4.11. The number of anilines is 2. The van der Waals surface area contributed by atoms with E-state index in [0.29, 0.717) is 38.9 Å². The third-order valence-electron chi connectivity index (χ3n) is 4.57. The summed E-state index contributed by atoms with van der Waals surface area (Å²) < 4.78 is 6.50. The number of nitrogens with zero attached hydrogens (tertiary/aromatic N) is 3. The fourth-order valence-electron chi connectivity index (χ4n) is 2.99. The minimum atomic E-state index is -0.543. The van der Waals surface area contributed by atoms with Crippen LogP contribution < -0.4 is 10.6 Å². The molecule has 3 rings (SSSR count). The number of carbonyl (C=O) groups excluding carboxylic acids is 3. The van der Waals surface area contributed by atoms with Gasteiger partial charge < -0.3 is 19.9 Å². The van der Waals surface area contributed by atoms with Crippen LogP contribution in [0.25, 0.3) is 0 Å². The summed E-state index contributed by atoms with van der Waals surface area (Å²) in [6.07, 6.45) is -0.0135. The van der Waals surface area contributed by atoms with Gasteiger partial charge in [0.2, 0.25) is 11.8 Å². The quantitative estimate of drug-likeness (QED) is 0.318. The lowest BCUT2D eigenvalue weighted by molar-refractivity contribution is -0.116. The highest BCUT2D eigenvalue weighted by molar-refractivity contribution is 7.99. The number of ether oxygens (including phenoxy) is 1. The largest absolute Gasteiger partial charge is 0.465 e. The molecule has 0 radical (unpaired) electrons. The molecule has 9 nitrogen and oxygen atoms in total. The number of thioether (sulfide) groups is 1. The molecule has 0 spiro atoms. The molecule has 178 valence electrons. The average Bonchev–Trinajstić information content (AvgIpc) is 3.21. The minimum absolute atomic E-state index is 0.0135. The van der Waals surface area contributed by atoms with E-state index < -0.39 is 5.97 Å². The van der Waals surface area contributed by atoms with Crippen LogP contribution in [0.5, 0.6) is 0 Å². The molecule has 0 atom stereocenters. The van der Waals surface area contributed by atoms with Crippen LogP contribution in [0.2, 0.25) is 10.0 Å². The van der Waals surface area contributed by atoms with Crippen LogP contribution in [0.1, 0.15) is 23.1 Å². The number of hydrogen-bond donors (Lipinski definition) is 2. The van der Waals surface area contributed by atoms with Gasteiger partial charge in [0.1, 0.15) is 5.82 Å². The molecular formula is C22H21Cl2N5O4S. The molecule has 2 amide bonds. The number of aromatic nitrogens is 3. The van der Waals surface area contributed by atoms with Crippen molar-refractivity contribution in [3.05, 3.63) is 63.9 Å². The summed E-state index contributed by atoms with van der Waals surface area (Å²) >= 11 is 13.1. The number of para-hydroxylation sites is 1. The molecule has 0 aliphatic rings. The number of amides is 2. The Morgan fingerprint density at radius 1 is 1.03 bits per heavy atom. The summed E-state index contributed by atoms with van der Waals surface area (Å²) in [6, 6.07) is 11.4. The second-order valence-electron chi connectivity index (χ2n) is 6.87. The van der Waals surface area contributed by atoms with Crippen molar-refractivity contribution in [2.24, 2.45) is 0 Å². The van der Waals surface area contributed by atoms with Gasteiger partial charge in [-0.05, 0) is 37.3 Å². The highest BCUT2D eigenvalue weighted by atomic mass is 35.5. The predicted molar refractivity (Wildman–Crippen MR) is 132 cm³/mol. The van der Waals surface area contributed by atoms with Crippen LogP contribution >= 0.6 is 35.0 Å². The maximum atomic E-state index is 12.5. The third kappa shape index (κ3) is 6.49. The third-order valence-corrected chi connectivity index (χ3v) is 6.28. The van der Waals surface area contributed by atoms with Gasteiger partial charge in [-0.1, -0.05) is 47.1 Å². The van der Waals surface area contributed by atoms with E-state index in [0.717, 1.165) is 0 Å². The first kappa shape index (κ1) is 25.5. The Bertz CT molecular complexity index is 1220. The SMILES string of the molecule is CCn1c(CC(=O)Nc2ccc(Cl)c(Cl)c2)nnc1SCC(=O)Nc1ccccc1C(=O)OC. The van der Waals surface area contributed by atoms with Crippen LogP contribution in [0.15, 0.2) is 47.6 Å². The van der Waals surface area contributed by atoms with Gasteiger partial charge in [0, 0.05) is 12.2 Å². The maximum absolute atomic E-state index is 12.5. The summed E-state index contributed by atoms with van der Waals surface area (Å²) in [5, 5.41) is 14.9. The van der Waals surface area contributed by atoms with Crippen LogP contribution in [0, 0.1) is 0 Å². The Kier molecular flexibility index (Phi) is 8.91. The van der Waals surface area contributed by atoms with Crippen molar-refractivity contribution >= 4 is 64.1 Å². The summed E-state index contributed by atoms with van der Waals surface area (Å²) in [4.78, 5) is 36.8. The van der Waals surface area contributed by atoms with E-state index in [1.807, 2.05) is 6.92 Å². The summed E-state index contributed by atoms with van der Waals surface area (Å²) in [5.41, 5.74) is 1.13. The molecule has 0 unspecified atom stereocenters. The van der Waals surface area contributed by atoms with Crippen molar-refractivity contribution < 1.29 is 19.1 Å². The van der Waals surface area contributed by atoms with Crippen molar-refractivity contribution in [2.45, 2.75) is 25.0 Å². The standard InChI is InChI=1S/C22H21Cl2N5O4S/c1-3-29-18(11-19(30)25-13-8-9-15(23)16(24)10-13)27-28-22(29)34-12-20(31)26-17-7-5-4-6-14(17)21(32)33-2/h4-10H,3,11-12H2,1-2H3,(H,25,30)(H,26,31). The molecule has 3 aromatic rings. The van der Waals surface area contributed by atoms with E-state index in [9.17, 15) is 14.4 Å². The van der Waals surface area contributed by atoms with Gasteiger partial charge in [0.05, 0.1) is 40.6 Å². The molecule has 2 aromatic carbocycles. The molecule has 34 heavy (non-hydrogen) atoms. The summed E-state index contributed by atoms with van der Waals surface area (Å²) in [6.45, 7) is 2.40. The van der Waals surface area contributed by atoms with E-state index in [2.05, 4.69) is 20.8 Å². The second-order valence-corrected chi connectivity index (χ2v) is 8.63. The van der Waals surface area contributed by atoms with Gasteiger partial charge in [0.25, 0.3) is 0 Å². The lowest BCUT2D eigenvalue weighted by Crippen LogP contribution is -2.18. The first-order valence-corrected chi connectivity index (χ1v) is 11.8. The Balaban J connectivity index is 1.61. The molecule has 1 aromatic heterocycles. The van der Waals surface area contributed by atoms with Crippen LogP contribution in [0.3, 0.4) is 0 Å². The Morgan fingerprint density at radius 2 is 1.79 bits per heavy atom. The highest BCUT2D eigenvalue weighted by Gasteiger charge is 2.18. The lowest BCUT2D eigenvalue weighted by atomic mass is 10.2. The normalized spacial score (nSPS) is 10.6. The van der Waals surface area contributed by atoms with Gasteiger partial charge in [-0.2, -0.15) is 0 Å². The van der Waals surface area contributed by atoms with Crippen LogP contribution in [0.4, 0.5) is 11.4 Å². The topological polar surface area (TPSA) is 115 Å². The minimum Gasteiger partial charge on any atom is -0.465 e. The first-order valence-electron chi connectivity index (χ1n) is 10.1. The number of esters is 1. The molecule has 0 saturated heterocycles. The van der Waals surface area contributed by atoms with Crippen LogP contribution in [-0.4, -0.2) is 45.4 Å². The zero-order chi connectivity index (χ0) is 24.7. The van der Waals surface area contributed by atoms with Crippen molar-refractivity contribution in [1.82, 2.24) is 14.8 Å². The number of nitrogens with one attached hydrogen (secondary N) is 2. The predicted octanol–water partition coefficient (Wildman–Crippen LogP) is 4.30. The fraction of sp³-hybridized carbons (Fsp3) is 0.227. The van der Waals surface area contributed by atoms with E-state index in [4.69, 9.17) is 27.9 Å². The monoisotopic (exact) mass is 521 g/mol. The van der Waals surface area contributed by atoms with Crippen molar-refractivity contribution in [2.75, 3.05) is 23.5 Å². The molecule has 0 aliphatic heterocycles. The number of hydrogen-bond acceptors (Lipinski definition) is 7. The van der Waals surface area contributed by atoms with Crippen molar-refractivity contribution in [3.8, 4) is 0 Å². The van der Waals surface area contributed by atoms with E-state index >= 15 is 0 Å². The van der Waals surface area contributed by atoms with Crippen LogP contribution in [-0.2, 0) is 27.3 Å². The maximum Gasteiger partial charge on any atom is 0.339 e. The van der Waals surface area contributed by atoms with Crippen molar-refractivity contribution in [3.63, 3.8) is 0 Å². The Hall–Kier alpha value is -3.08. The smallest absolute Gasteiger partial charge is 0.339 e. The highest BCUT2D eigenvalue weighted by Crippen LogP contribution is 2.25. The van der Waals surface area contributed by atoms with Gasteiger partial charge in [-0.25, -0.2) is 4.79 Å². The van der Waals surface area contributed by atoms with Gasteiger partial charge in [-0.3, -0.25) is 9.59 Å². The van der Waals surface area contributed by atoms with E-state index in [-0.39, 0.29) is 29.6 Å². The number of halogens is 2. The molecule has 0 saturated carbocycles. The molecule has 1 heterocycles. The zero-order valence-corrected chi connectivity index (χ0v) is 20.6. The van der Waals surface area contributed by atoms with Crippen molar-refractivity contribution in [1.29, 1.82) is 0 Å². The first-order chi connectivity index (χ1) is 16.3. The molecule has 0 bridgehead atoms. The average molecular weight is 522 g/mol. The molecule has 0 aliphatic carbocycles. The van der Waals surface area contributed by atoms with E-state index in [1.165, 1.54) is 18.9 Å². The Labute approximate surface area is 210 Å². The van der Waals surface area contributed by atoms with Gasteiger partial charge >= 0.3 is 5.97 Å². The zero-order valence-electron chi connectivity index (χ0n) is 18.3. The Morgan fingerprint density at radius 3 is 2.50 bits per heavy atom. The number of carbonyl (C=O) groups is 3. The molecule has 0 fully saturated rings. The molecule has 2 N–H and O–H groups in total. The molecular weight excluding hydrogens is 501 g/mol.